The second-order valence-electron chi connectivity index (χ2n) is 6.10. The third-order valence-electron chi connectivity index (χ3n) is 3.76. The monoisotopic (exact) mass is 404 g/mol. The lowest BCUT2D eigenvalue weighted by Crippen LogP contribution is -2.24. The molecule has 0 spiro atoms. The summed E-state index contributed by atoms with van der Waals surface area (Å²) >= 11 is 4.69. The number of rotatable bonds is 5. The molecule has 1 aromatic carbocycles. The summed E-state index contributed by atoms with van der Waals surface area (Å²) in [7, 11) is 0. The minimum absolute atomic E-state index is 0.0339. The Labute approximate surface area is 165 Å². The molecule has 0 N–H and O–H groups in total. The quantitative estimate of drug-likeness (QED) is 0.547. The molecule has 2 aromatic heterocycles. The van der Waals surface area contributed by atoms with Gasteiger partial charge >= 0.3 is 0 Å². The number of nitrogens with zero attached hydrogens (tertiary/aromatic N) is 4. The lowest BCUT2D eigenvalue weighted by atomic mass is 10.0. The second-order valence-corrected chi connectivity index (χ2v) is 9.34. The maximum atomic E-state index is 12.4. The summed E-state index contributed by atoms with van der Waals surface area (Å²) in [5, 5.41) is 11.8. The number of amides is 1. The van der Waals surface area contributed by atoms with Gasteiger partial charge in [0.15, 0.2) is 9.47 Å². The molecule has 0 atom stereocenters. The molecular weight excluding hydrogens is 384 g/mol. The van der Waals surface area contributed by atoms with E-state index < -0.39 is 0 Å². The van der Waals surface area contributed by atoms with Gasteiger partial charge in [0.25, 0.3) is 0 Å². The average Bonchev–Trinajstić information content (AvgIpc) is 3.17. The van der Waals surface area contributed by atoms with Crippen molar-refractivity contribution in [3.8, 4) is 0 Å². The highest BCUT2D eigenvalue weighted by atomic mass is 32.2. The maximum Gasteiger partial charge on any atom is 0.230 e. The van der Waals surface area contributed by atoms with Crippen LogP contribution in [-0.2, 0) is 10.5 Å². The predicted molar refractivity (Wildman–Crippen MR) is 110 cm³/mol. The van der Waals surface area contributed by atoms with Crippen molar-refractivity contribution in [1.82, 2.24) is 15.2 Å². The van der Waals surface area contributed by atoms with Crippen molar-refractivity contribution < 1.29 is 4.79 Å². The van der Waals surface area contributed by atoms with Crippen LogP contribution in [0.5, 0.6) is 0 Å². The third kappa shape index (κ3) is 4.13. The first kappa shape index (κ1) is 19.0. The van der Waals surface area contributed by atoms with Crippen molar-refractivity contribution in [3.05, 3.63) is 44.9 Å². The maximum absolute atomic E-state index is 12.4. The molecule has 0 aliphatic carbocycles. The number of thiazole rings is 1. The van der Waals surface area contributed by atoms with Crippen LogP contribution in [0.2, 0.25) is 0 Å². The number of hydrogen-bond donors (Lipinski definition) is 0. The van der Waals surface area contributed by atoms with E-state index in [0.717, 1.165) is 31.9 Å². The van der Waals surface area contributed by atoms with E-state index in [9.17, 15) is 4.79 Å². The number of thioether (sulfide) groups is 1. The molecule has 3 rings (SSSR count). The summed E-state index contributed by atoms with van der Waals surface area (Å²) in [5.74, 6) is 0.677. The highest BCUT2D eigenvalue weighted by Gasteiger charge is 2.22. The van der Waals surface area contributed by atoms with Gasteiger partial charge in [0, 0.05) is 18.1 Å². The lowest BCUT2D eigenvalue weighted by Gasteiger charge is -2.23. The molecule has 136 valence electrons. The minimum Gasteiger partial charge on any atom is -0.274 e. The zero-order valence-corrected chi connectivity index (χ0v) is 17.8. The molecule has 0 saturated heterocycles. The van der Waals surface area contributed by atoms with E-state index in [0.29, 0.717) is 10.9 Å². The number of carbonyl (C=O) groups excluding carboxylic acids is 1. The van der Waals surface area contributed by atoms with Gasteiger partial charge in [-0.25, -0.2) is 4.98 Å². The Bertz CT molecular complexity index is 925. The minimum atomic E-state index is -0.0339. The Morgan fingerprint density at radius 1 is 1.15 bits per heavy atom. The molecule has 0 radical (unpaired) electrons. The van der Waals surface area contributed by atoms with Crippen LogP contribution >= 0.6 is 34.4 Å². The van der Waals surface area contributed by atoms with Crippen LogP contribution in [0.1, 0.15) is 34.3 Å². The molecule has 0 aliphatic heterocycles. The predicted octanol–water partition coefficient (Wildman–Crippen LogP) is 5.21. The Kier molecular flexibility index (Phi) is 5.74. The van der Waals surface area contributed by atoms with E-state index in [-0.39, 0.29) is 5.91 Å². The van der Waals surface area contributed by atoms with Crippen molar-refractivity contribution >= 4 is 51.2 Å². The van der Waals surface area contributed by atoms with E-state index in [1.807, 2.05) is 26.2 Å². The first-order valence-corrected chi connectivity index (χ1v) is 10.8. The van der Waals surface area contributed by atoms with Crippen molar-refractivity contribution in [2.75, 3.05) is 4.90 Å². The fourth-order valence-corrected chi connectivity index (χ4v) is 5.54. The van der Waals surface area contributed by atoms with Crippen LogP contribution in [0.25, 0.3) is 0 Å². The van der Waals surface area contributed by atoms with Gasteiger partial charge in [-0.2, -0.15) is 0 Å². The van der Waals surface area contributed by atoms with E-state index >= 15 is 0 Å². The fourth-order valence-electron chi connectivity index (χ4n) is 2.85. The summed E-state index contributed by atoms with van der Waals surface area (Å²) in [4.78, 5) is 18.8. The number of benzene rings is 1. The summed E-state index contributed by atoms with van der Waals surface area (Å²) in [6.45, 7) is 9.66. The standard InChI is InChI=1S/C18H20N4OS3/c1-10-6-11(2)16(12(3)7-10)22(14(5)23)17-19-15(8-24-17)9-25-18-21-20-13(4)26-18/h6-8H,9H2,1-5H3. The number of aromatic nitrogens is 3. The normalized spacial score (nSPS) is 11.0. The van der Waals surface area contributed by atoms with Crippen molar-refractivity contribution in [2.45, 2.75) is 44.7 Å². The zero-order chi connectivity index (χ0) is 18.8. The molecule has 0 aliphatic rings. The van der Waals surface area contributed by atoms with Crippen LogP contribution < -0.4 is 4.90 Å². The Morgan fingerprint density at radius 2 is 1.85 bits per heavy atom. The summed E-state index contributed by atoms with van der Waals surface area (Å²) in [6, 6.07) is 4.20. The Morgan fingerprint density at radius 3 is 2.42 bits per heavy atom. The molecule has 5 nitrogen and oxygen atoms in total. The van der Waals surface area contributed by atoms with Gasteiger partial charge in [-0.3, -0.25) is 9.69 Å². The van der Waals surface area contributed by atoms with Crippen molar-refractivity contribution in [1.29, 1.82) is 0 Å². The van der Waals surface area contributed by atoms with E-state index in [1.165, 1.54) is 16.9 Å². The van der Waals surface area contributed by atoms with Gasteiger partial charge in [0.2, 0.25) is 5.91 Å². The van der Waals surface area contributed by atoms with Crippen LogP contribution in [0.3, 0.4) is 0 Å². The molecule has 0 bridgehead atoms. The summed E-state index contributed by atoms with van der Waals surface area (Å²) < 4.78 is 0.936. The smallest absolute Gasteiger partial charge is 0.230 e. The molecular formula is C18H20N4OS3. The highest BCUT2D eigenvalue weighted by molar-refractivity contribution is 8.00. The summed E-state index contributed by atoms with van der Waals surface area (Å²) in [6.07, 6.45) is 0. The molecule has 1 amide bonds. The largest absolute Gasteiger partial charge is 0.274 e. The molecule has 3 aromatic rings. The van der Waals surface area contributed by atoms with Gasteiger partial charge in [0.05, 0.1) is 11.4 Å². The lowest BCUT2D eigenvalue weighted by molar-refractivity contribution is -0.115. The topological polar surface area (TPSA) is 59.0 Å². The molecule has 26 heavy (non-hydrogen) atoms. The van der Waals surface area contributed by atoms with Gasteiger partial charge < -0.3 is 0 Å². The number of aryl methyl sites for hydroxylation is 4. The number of anilines is 2. The first-order valence-electron chi connectivity index (χ1n) is 8.11. The number of carbonyl (C=O) groups is 1. The van der Waals surface area contributed by atoms with E-state index in [2.05, 4.69) is 29.3 Å². The van der Waals surface area contributed by atoms with Crippen molar-refractivity contribution in [3.63, 3.8) is 0 Å². The van der Waals surface area contributed by atoms with Gasteiger partial charge in [-0.15, -0.1) is 21.5 Å². The fraction of sp³-hybridized carbons (Fsp3) is 0.333. The zero-order valence-electron chi connectivity index (χ0n) is 15.4. The Hall–Kier alpha value is -1.77. The van der Waals surface area contributed by atoms with Crippen molar-refractivity contribution in [2.24, 2.45) is 0 Å². The SMILES string of the molecule is CC(=O)N(c1nc(CSc2nnc(C)s2)cs1)c1c(C)cc(C)cc1C. The van der Waals surface area contributed by atoms with E-state index in [1.54, 1.807) is 34.9 Å². The molecule has 0 saturated carbocycles. The van der Waals surface area contributed by atoms with Crippen LogP contribution in [-0.4, -0.2) is 21.1 Å². The molecule has 0 unspecified atom stereocenters. The van der Waals surface area contributed by atoms with Gasteiger partial charge in [0.1, 0.15) is 5.01 Å². The molecule has 0 fully saturated rings. The van der Waals surface area contributed by atoms with Gasteiger partial charge in [-0.1, -0.05) is 40.8 Å². The Balaban J connectivity index is 1.86. The van der Waals surface area contributed by atoms with Crippen LogP contribution in [0.4, 0.5) is 10.8 Å². The van der Waals surface area contributed by atoms with Crippen LogP contribution in [0, 0.1) is 27.7 Å². The number of hydrogen-bond acceptors (Lipinski definition) is 7. The first-order chi connectivity index (χ1) is 12.3. The molecule has 2 heterocycles. The van der Waals surface area contributed by atoms with E-state index in [4.69, 9.17) is 4.98 Å². The third-order valence-corrected chi connectivity index (χ3v) is 6.64. The molecule has 8 heteroatoms. The average molecular weight is 405 g/mol. The van der Waals surface area contributed by atoms with Crippen LogP contribution in [0.15, 0.2) is 21.9 Å². The highest BCUT2D eigenvalue weighted by Crippen LogP contribution is 2.35. The van der Waals surface area contributed by atoms with Gasteiger partial charge in [-0.05, 0) is 38.8 Å². The second kappa shape index (κ2) is 7.85. The summed E-state index contributed by atoms with van der Waals surface area (Å²) in [5.41, 5.74) is 5.21.